The summed E-state index contributed by atoms with van der Waals surface area (Å²) < 4.78 is 16.3. The maximum Gasteiger partial charge on any atom is 0.191 e. The molecule has 0 aliphatic carbocycles. The van der Waals surface area contributed by atoms with Crippen LogP contribution in [-0.4, -0.2) is 57.7 Å². The molecule has 25 heavy (non-hydrogen) atoms. The Hall–Kier alpha value is -1.99. The molecule has 0 aromatic heterocycles. The molecule has 1 aromatic rings. The molecule has 1 saturated heterocycles. The fraction of sp³-hybridized carbons (Fsp3) is 0.611. The number of phenolic OH excluding ortho intramolecular Hbond substituents is 1. The number of nitrogens with zero attached hydrogens (tertiary/aromatic N) is 1. The molecule has 2 rings (SSSR count). The van der Waals surface area contributed by atoms with Crippen molar-refractivity contribution < 1.29 is 19.3 Å². The van der Waals surface area contributed by atoms with Gasteiger partial charge < -0.3 is 30.0 Å². The van der Waals surface area contributed by atoms with E-state index in [-0.39, 0.29) is 11.9 Å². The molecule has 1 atom stereocenters. The van der Waals surface area contributed by atoms with Crippen LogP contribution in [0.3, 0.4) is 0 Å². The fourth-order valence-electron chi connectivity index (χ4n) is 2.60. The van der Waals surface area contributed by atoms with Gasteiger partial charge in [0.2, 0.25) is 0 Å². The lowest BCUT2D eigenvalue weighted by atomic mass is 10.2. The smallest absolute Gasteiger partial charge is 0.191 e. The summed E-state index contributed by atoms with van der Waals surface area (Å²) in [6.07, 6.45) is 3.41. The zero-order valence-corrected chi connectivity index (χ0v) is 15.1. The number of nitrogens with one attached hydrogen (secondary N) is 2. The van der Waals surface area contributed by atoms with Gasteiger partial charge in [0.25, 0.3) is 0 Å². The monoisotopic (exact) mass is 351 g/mol. The second kappa shape index (κ2) is 10.8. The van der Waals surface area contributed by atoms with E-state index in [1.807, 2.05) is 0 Å². The van der Waals surface area contributed by atoms with Gasteiger partial charge in [-0.15, -0.1) is 0 Å². The number of aromatic hydroxyl groups is 1. The Bertz CT molecular complexity index is 545. The minimum absolute atomic E-state index is 0.228. The maximum atomic E-state index is 9.90. The first-order valence-corrected chi connectivity index (χ1v) is 8.72. The van der Waals surface area contributed by atoms with E-state index in [0.717, 1.165) is 38.0 Å². The first-order valence-electron chi connectivity index (χ1n) is 8.72. The summed E-state index contributed by atoms with van der Waals surface area (Å²) in [5.74, 6) is 1.62. The van der Waals surface area contributed by atoms with E-state index < -0.39 is 0 Å². The summed E-state index contributed by atoms with van der Waals surface area (Å²) in [5.41, 5.74) is 0.752. The molecule has 1 aliphatic heterocycles. The Morgan fingerprint density at radius 2 is 2.28 bits per heavy atom. The van der Waals surface area contributed by atoms with Crippen LogP contribution in [-0.2, 0) is 16.0 Å². The van der Waals surface area contributed by atoms with Crippen molar-refractivity contribution in [3.8, 4) is 11.5 Å². The van der Waals surface area contributed by atoms with E-state index in [4.69, 9.17) is 14.2 Å². The SMILES string of the molecule is CN=C(NCCCOCC1CCCO1)NCc1cc(OC)ccc1O. The van der Waals surface area contributed by atoms with E-state index in [9.17, 15) is 5.11 Å². The van der Waals surface area contributed by atoms with Gasteiger partial charge in [-0.25, -0.2) is 0 Å². The van der Waals surface area contributed by atoms with Crippen molar-refractivity contribution in [2.24, 2.45) is 4.99 Å². The van der Waals surface area contributed by atoms with E-state index in [1.165, 1.54) is 0 Å². The molecule has 0 bridgehead atoms. The lowest BCUT2D eigenvalue weighted by molar-refractivity contribution is 0.0168. The van der Waals surface area contributed by atoms with Crippen LogP contribution >= 0.6 is 0 Å². The van der Waals surface area contributed by atoms with Gasteiger partial charge >= 0.3 is 0 Å². The van der Waals surface area contributed by atoms with Crippen LogP contribution in [0.2, 0.25) is 0 Å². The fourth-order valence-corrected chi connectivity index (χ4v) is 2.60. The third-order valence-corrected chi connectivity index (χ3v) is 4.04. The zero-order chi connectivity index (χ0) is 17.9. The number of rotatable bonds is 9. The summed E-state index contributed by atoms with van der Waals surface area (Å²) in [4.78, 5) is 4.18. The minimum atomic E-state index is 0.228. The van der Waals surface area contributed by atoms with Crippen molar-refractivity contribution in [1.82, 2.24) is 10.6 Å². The van der Waals surface area contributed by atoms with Crippen molar-refractivity contribution >= 4 is 5.96 Å². The maximum absolute atomic E-state index is 9.90. The van der Waals surface area contributed by atoms with Crippen LogP contribution in [0.25, 0.3) is 0 Å². The van der Waals surface area contributed by atoms with Crippen molar-refractivity contribution in [2.45, 2.75) is 31.9 Å². The summed E-state index contributed by atoms with van der Waals surface area (Å²) in [6.45, 7) is 3.45. The van der Waals surface area contributed by atoms with E-state index in [0.29, 0.717) is 31.5 Å². The van der Waals surface area contributed by atoms with Gasteiger partial charge in [-0.2, -0.15) is 0 Å². The number of aliphatic imine (C=N–C) groups is 1. The van der Waals surface area contributed by atoms with Gasteiger partial charge in [0.1, 0.15) is 11.5 Å². The van der Waals surface area contributed by atoms with Crippen LogP contribution < -0.4 is 15.4 Å². The van der Waals surface area contributed by atoms with E-state index in [1.54, 1.807) is 32.4 Å². The van der Waals surface area contributed by atoms with Crippen LogP contribution in [0.5, 0.6) is 11.5 Å². The van der Waals surface area contributed by atoms with Gasteiger partial charge in [-0.3, -0.25) is 4.99 Å². The second-order valence-electron chi connectivity index (χ2n) is 5.91. The summed E-state index contributed by atoms with van der Waals surface area (Å²) >= 11 is 0. The van der Waals surface area contributed by atoms with Gasteiger partial charge in [-0.05, 0) is 37.5 Å². The lowest BCUT2D eigenvalue weighted by Crippen LogP contribution is -2.37. The third-order valence-electron chi connectivity index (χ3n) is 4.04. The summed E-state index contributed by atoms with van der Waals surface area (Å²) in [7, 11) is 3.32. The first-order chi connectivity index (χ1) is 12.2. The lowest BCUT2D eigenvalue weighted by Gasteiger charge is -2.14. The molecule has 1 unspecified atom stereocenters. The average molecular weight is 351 g/mol. The molecule has 7 nitrogen and oxygen atoms in total. The Morgan fingerprint density at radius 1 is 1.40 bits per heavy atom. The Morgan fingerprint density at radius 3 is 3.00 bits per heavy atom. The zero-order valence-electron chi connectivity index (χ0n) is 15.1. The predicted molar refractivity (Wildman–Crippen MR) is 97.3 cm³/mol. The molecule has 0 amide bonds. The molecule has 1 aromatic carbocycles. The van der Waals surface area contributed by atoms with Crippen molar-refractivity contribution in [1.29, 1.82) is 0 Å². The number of ether oxygens (including phenoxy) is 3. The molecule has 3 N–H and O–H groups in total. The van der Waals surface area contributed by atoms with Gasteiger partial charge in [0.05, 0.1) is 19.8 Å². The van der Waals surface area contributed by atoms with Crippen molar-refractivity contribution in [3.63, 3.8) is 0 Å². The number of hydrogen-bond acceptors (Lipinski definition) is 5. The molecular formula is C18H29N3O4. The normalized spacial score (nSPS) is 17.5. The molecule has 0 spiro atoms. The highest BCUT2D eigenvalue weighted by Crippen LogP contribution is 2.22. The van der Waals surface area contributed by atoms with Gasteiger partial charge in [0, 0.05) is 38.9 Å². The highest BCUT2D eigenvalue weighted by molar-refractivity contribution is 5.79. The quantitative estimate of drug-likeness (QED) is 0.356. The molecule has 0 saturated carbocycles. The van der Waals surface area contributed by atoms with Gasteiger partial charge in [-0.1, -0.05) is 0 Å². The van der Waals surface area contributed by atoms with Crippen LogP contribution in [0.4, 0.5) is 0 Å². The minimum Gasteiger partial charge on any atom is -0.508 e. The first kappa shape index (κ1) is 19.3. The number of methoxy groups -OCH3 is 1. The number of guanidine groups is 1. The number of phenols is 1. The van der Waals surface area contributed by atoms with Crippen molar-refractivity contribution in [3.05, 3.63) is 23.8 Å². The molecule has 1 heterocycles. The van der Waals surface area contributed by atoms with E-state index >= 15 is 0 Å². The molecular weight excluding hydrogens is 322 g/mol. The molecule has 7 heteroatoms. The molecule has 1 aliphatic rings. The summed E-state index contributed by atoms with van der Waals surface area (Å²) in [5, 5.41) is 16.3. The topological polar surface area (TPSA) is 84.3 Å². The van der Waals surface area contributed by atoms with E-state index in [2.05, 4.69) is 15.6 Å². The highest BCUT2D eigenvalue weighted by Gasteiger charge is 2.14. The molecule has 140 valence electrons. The second-order valence-corrected chi connectivity index (χ2v) is 5.91. The van der Waals surface area contributed by atoms with Crippen LogP contribution in [0.1, 0.15) is 24.8 Å². The Labute approximate surface area is 149 Å². The predicted octanol–water partition coefficient (Wildman–Crippen LogP) is 1.65. The summed E-state index contributed by atoms with van der Waals surface area (Å²) in [6, 6.07) is 5.15. The third kappa shape index (κ3) is 6.80. The number of hydrogen-bond donors (Lipinski definition) is 3. The van der Waals surface area contributed by atoms with Crippen molar-refractivity contribution in [2.75, 3.05) is 40.5 Å². The Balaban J connectivity index is 1.62. The number of benzene rings is 1. The molecule has 0 radical (unpaired) electrons. The molecule has 1 fully saturated rings. The van der Waals surface area contributed by atoms with Crippen LogP contribution in [0.15, 0.2) is 23.2 Å². The van der Waals surface area contributed by atoms with Gasteiger partial charge in [0.15, 0.2) is 5.96 Å². The highest BCUT2D eigenvalue weighted by atomic mass is 16.5. The average Bonchev–Trinajstić information content (AvgIpc) is 3.15. The standard InChI is InChI=1S/C18H29N3O4/c1-19-18(20-8-4-9-24-13-16-5-3-10-25-16)21-12-14-11-15(23-2)6-7-17(14)22/h6-7,11,16,22H,3-5,8-10,12-13H2,1-2H3,(H2,19,20,21). The Kier molecular flexibility index (Phi) is 8.34. The van der Waals surface area contributed by atoms with Crippen LogP contribution in [0, 0.1) is 0 Å². The largest absolute Gasteiger partial charge is 0.508 e.